The van der Waals surface area contributed by atoms with Gasteiger partial charge in [-0.15, -0.1) is 0 Å². The van der Waals surface area contributed by atoms with Gasteiger partial charge >= 0.3 is 0 Å². The molecule has 1 saturated carbocycles. The van der Waals surface area contributed by atoms with Crippen LogP contribution in [-0.4, -0.2) is 34.9 Å². The number of amides is 1. The Morgan fingerprint density at radius 1 is 1.44 bits per heavy atom. The third-order valence-corrected chi connectivity index (χ3v) is 4.36. The second-order valence-electron chi connectivity index (χ2n) is 5.08. The molecule has 16 heavy (non-hydrogen) atoms. The van der Waals surface area contributed by atoms with Gasteiger partial charge in [0.2, 0.25) is 5.91 Å². The van der Waals surface area contributed by atoms with Crippen LogP contribution in [-0.2, 0) is 9.59 Å². The predicted molar refractivity (Wildman–Crippen MR) is 65.6 cm³/mol. The zero-order valence-corrected chi connectivity index (χ0v) is 10.6. The van der Waals surface area contributed by atoms with Crippen molar-refractivity contribution >= 4 is 24.3 Å². The molecule has 1 amide bonds. The number of carbonyl (C=O) groups excluding carboxylic acids is 2. The first-order valence-corrected chi connectivity index (χ1v) is 6.66. The molecule has 1 unspecified atom stereocenters. The molecule has 3 nitrogen and oxygen atoms in total. The standard InChI is InChI=1S/C12H19NO2S/c1-9(14)10(7-16)13-8-12(11(13)15)5-3-2-4-6-12/h10,16H,2-8H2,1H3. The SMILES string of the molecule is CC(=O)C(CS)N1CC2(CCCCC2)C1=O. The van der Waals surface area contributed by atoms with Crippen molar-refractivity contribution < 1.29 is 9.59 Å². The highest BCUT2D eigenvalue weighted by atomic mass is 32.1. The van der Waals surface area contributed by atoms with Gasteiger partial charge in [0.05, 0.1) is 11.5 Å². The minimum absolute atomic E-state index is 0.0500. The van der Waals surface area contributed by atoms with Gasteiger partial charge in [-0.05, 0) is 19.8 Å². The first kappa shape index (κ1) is 12.0. The largest absolute Gasteiger partial charge is 0.330 e. The third kappa shape index (κ3) is 1.77. The van der Waals surface area contributed by atoms with E-state index in [-0.39, 0.29) is 23.1 Å². The zero-order chi connectivity index (χ0) is 11.8. The molecule has 4 heteroatoms. The molecule has 2 fully saturated rings. The molecule has 1 spiro atoms. The maximum absolute atomic E-state index is 12.2. The highest BCUT2D eigenvalue weighted by molar-refractivity contribution is 7.80. The van der Waals surface area contributed by atoms with Crippen molar-refractivity contribution in [1.29, 1.82) is 0 Å². The monoisotopic (exact) mass is 241 g/mol. The minimum Gasteiger partial charge on any atom is -0.330 e. The van der Waals surface area contributed by atoms with Gasteiger partial charge in [0.1, 0.15) is 0 Å². The molecule has 0 aromatic heterocycles. The number of hydrogen-bond donors (Lipinski definition) is 1. The van der Waals surface area contributed by atoms with Crippen LogP contribution in [0.5, 0.6) is 0 Å². The lowest BCUT2D eigenvalue weighted by Gasteiger charge is -2.53. The van der Waals surface area contributed by atoms with Crippen LogP contribution in [0.2, 0.25) is 0 Å². The van der Waals surface area contributed by atoms with Crippen molar-refractivity contribution in [3.63, 3.8) is 0 Å². The van der Waals surface area contributed by atoms with E-state index in [4.69, 9.17) is 0 Å². The summed E-state index contributed by atoms with van der Waals surface area (Å²) >= 11 is 4.16. The quantitative estimate of drug-likeness (QED) is 0.603. The Bertz CT molecular complexity index is 310. The number of hydrogen-bond acceptors (Lipinski definition) is 3. The zero-order valence-electron chi connectivity index (χ0n) is 9.74. The van der Waals surface area contributed by atoms with Gasteiger partial charge < -0.3 is 4.90 Å². The van der Waals surface area contributed by atoms with Gasteiger partial charge in [0.15, 0.2) is 5.78 Å². The third-order valence-electron chi connectivity index (χ3n) is 4.02. The molecule has 0 aromatic rings. The van der Waals surface area contributed by atoms with Crippen molar-refractivity contribution in [2.24, 2.45) is 5.41 Å². The first-order valence-electron chi connectivity index (χ1n) is 6.03. The second-order valence-corrected chi connectivity index (χ2v) is 5.45. The van der Waals surface area contributed by atoms with Gasteiger partial charge in [-0.2, -0.15) is 12.6 Å². The Kier molecular flexibility index (Phi) is 3.29. The highest BCUT2D eigenvalue weighted by Crippen LogP contribution is 2.45. The van der Waals surface area contributed by atoms with Crippen molar-refractivity contribution in [2.75, 3.05) is 12.3 Å². The number of Topliss-reactive ketones (excluding diaryl/α,β-unsaturated/α-hetero) is 1. The Hall–Kier alpha value is -0.510. The number of rotatable bonds is 3. The van der Waals surface area contributed by atoms with Gasteiger partial charge in [-0.1, -0.05) is 19.3 Å². The molecule has 1 heterocycles. The molecular formula is C12H19NO2S. The number of ketones is 1. The van der Waals surface area contributed by atoms with Crippen LogP contribution in [0.4, 0.5) is 0 Å². The van der Waals surface area contributed by atoms with Gasteiger partial charge in [0, 0.05) is 12.3 Å². The van der Waals surface area contributed by atoms with Crippen molar-refractivity contribution in [3.05, 3.63) is 0 Å². The summed E-state index contributed by atoms with van der Waals surface area (Å²) in [6.07, 6.45) is 5.59. The van der Waals surface area contributed by atoms with E-state index >= 15 is 0 Å². The molecule has 2 aliphatic rings. The van der Waals surface area contributed by atoms with E-state index in [1.807, 2.05) is 0 Å². The molecule has 0 N–H and O–H groups in total. The van der Waals surface area contributed by atoms with Crippen LogP contribution in [0, 0.1) is 5.41 Å². The van der Waals surface area contributed by atoms with Crippen molar-refractivity contribution in [2.45, 2.75) is 45.1 Å². The number of carbonyl (C=O) groups is 2. The summed E-state index contributed by atoms with van der Waals surface area (Å²) in [6.45, 7) is 2.32. The van der Waals surface area contributed by atoms with E-state index < -0.39 is 0 Å². The summed E-state index contributed by atoms with van der Waals surface area (Å²) in [5.41, 5.74) is -0.102. The molecule has 1 atom stereocenters. The van der Waals surface area contributed by atoms with E-state index in [2.05, 4.69) is 12.6 Å². The van der Waals surface area contributed by atoms with E-state index in [1.54, 1.807) is 11.8 Å². The number of thiol groups is 1. The lowest BCUT2D eigenvalue weighted by atomic mass is 9.67. The molecular weight excluding hydrogens is 222 g/mol. The predicted octanol–water partition coefficient (Wildman–Crippen LogP) is 1.67. The molecule has 2 rings (SSSR count). The van der Waals surface area contributed by atoms with E-state index in [9.17, 15) is 9.59 Å². The van der Waals surface area contributed by atoms with Crippen molar-refractivity contribution in [1.82, 2.24) is 4.90 Å². The molecule has 0 radical (unpaired) electrons. The van der Waals surface area contributed by atoms with Gasteiger partial charge in [-0.25, -0.2) is 0 Å². The summed E-state index contributed by atoms with van der Waals surface area (Å²) < 4.78 is 0. The molecule has 0 aromatic carbocycles. The average Bonchev–Trinajstić information content (AvgIpc) is 2.29. The smallest absolute Gasteiger partial charge is 0.231 e. The van der Waals surface area contributed by atoms with Crippen LogP contribution in [0.1, 0.15) is 39.0 Å². The maximum atomic E-state index is 12.2. The summed E-state index contributed by atoms with van der Waals surface area (Å²) in [7, 11) is 0. The van der Waals surface area contributed by atoms with E-state index in [0.717, 1.165) is 32.2 Å². The Morgan fingerprint density at radius 2 is 2.06 bits per heavy atom. The average molecular weight is 241 g/mol. The molecule has 1 aliphatic carbocycles. The summed E-state index contributed by atoms with van der Waals surface area (Å²) in [6, 6.07) is -0.302. The summed E-state index contributed by atoms with van der Waals surface area (Å²) in [4.78, 5) is 25.3. The lowest BCUT2D eigenvalue weighted by molar-refractivity contribution is -0.169. The molecule has 90 valence electrons. The topological polar surface area (TPSA) is 37.4 Å². The first-order chi connectivity index (χ1) is 7.60. The molecule has 1 aliphatic heterocycles. The molecule has 1 saturated heterocycles. The van der Waals surface area contributed by atoms with E-state index in [1.165, 1.54) is 6.42 Å². The lowest BCUT2D eigenvalue weighted by Crippen LogP contribution is -2.66. The van der Waals surface area contributed by atoms with Crippen LogP contribution < -0.4 is 0 Å². The summed E-state index contributed by atoms with van der Waals surface area (Å²) in [5, 5.41) is 0. The highest BCUT2D eigenvalue weighted by Gasteiger charge is 2.54. The number of β-lactam (4-membered cyclic amide) rings is 1. The van der Waals surface area contributed by atoms with Crippen LogP contribution in [0.3, 0.4) is 0 Å². The van der Waals surface area contributed by atoms with Crippen molar-refractivity contribution in [3.8, 4) is 0 Å². The minimum atomic E-state index is -0.302. The van der Waals surface area contributed by atoms with Crippen LogP contribution in [0.25, 0.3) is 0 Å². The van der Waals surface area contributed by atoms with Gasteiger partial charge in [0.25, 0.3) is 0 Å². The fourth-order valence-corrected chi connectivity index (χ4v) is 3.43. The fraction of sp³-hybridized carbons (Fsp3) is 0.833. The van der Waals surface area contributed by atoms with Crippen LogP contribution >= 0.6 is 12.6 Å². The Morgan fingerprint density at radius 3 is 2.50 bits per heavy atom. The molecule has 0 bridgehead atoms. The maximum Gasteiger partial charge on any atom is 0.231 e. The normalized spacial score (nSPS) is 25.4. The van der Waals surface area contributed by atoms with Gasteiger partial charge in [-0.3, -0.25) is 9.59 Å². The Balaban J connectivity index is 2.03. The second kappa shape index (κ2) is 4.40. The number of likely N-dealkylation sites (tertiary alicyclic amines) is 1. The summed E-state index contributed by atoms with van der Waals surface area (Å²) in [5.74, 6) is 0.687. The van der Waals surface area contributed by atoms with Crippen LogP contribution in [0.15, 0.2) is 0 Å². The number of nitrogens with zero attached hydrogens (tertiary/aromatic N) is 1. The Labute approximate surface area is 102 Å². The van der Waals surface area contributed by atoms with E-state index in [0.29, 0.717) is 5.75 Å². The fourth-order valence-electron chi connectivity index (χ4n) is 2.98.